The first-order chi connectivity index (χ1) is 15.1. The number of aromatic nitrogens is 4. The number of anilines is 1. The van der Waals surface area contributed by atoms with E-state index in [-0.39, 0.29) is 23.4 Å². The van der Waals surface area contributed by atoms with Crippen LogP contribution in [-0.2, 0) is 6.42 Å². The fraction of sp³-hybridized carbons (Fsp3) is 0.350. The number of amides is 2. The third-order valence-electron chi connectivity index (χ3n) is 5.38. The quantitative estimate of drug-likeness (QED) is 0.633. The Labute approximate surface area is 182 Å². The van der Waals surface area contributed by atoms with E-state index in [1.54, 1.807) is 10.3 Å². The second-order valence-electron chi connectivity index (χ2n) is 7.52. The summed E-state index contributed by atoms with van der Waals surface area (Å²) in [6.07, 6.45) is 0.877. The van der Waals surface area contributed by atoms with E-state index in [1.807, 2.05) is 25.2 Å². The summed E-state index contributed by atoms with van der Waals surface area (Å²) in [5.41, 5.74) is 2.37. The Balaban J connectivity index is 1.25. The molecule has 31 heavy (non-hydrogen) atoms. The van der Waals surface area contributed by atoms with E-state index in [1.165, 1.54) is 11.3 Å². The van der Waals surface area contributed by atoms with Crippen molar-refractivity contribution in [3.8, 4) is 16.3 Å². The molecule has 1 saturated heterocycles. The van der Waals surface area contributed by atoms with Gasteiger partial charge in [0.05, 0.1) is 6.61 Å². The highest BCUT2D eigenvalue weighted by atomic mass is 32.1. The lowest BCUT2D eigenvalue weighted by Gasteiger charge is -2.31. The molecule has 1 fully saturated rings. The zero-order valence-corrected chi connectivity index (χ0v) is 17.7. The van der Waals surface area contributed by atoms with Gasteiger partial charge in [0.1, 0.15) is 16.5 Å². The van der Waals surface area contributed by atoms with Crippen LogP contribution in [0.5, 0.6) is 5.75 Å². The van der Waals surface area contributed by atoms with Gasteiger partial charge in [-0.1, -0.05) is 0 Å². The fourth-order valence-corrected chi connectivity index (χ4v) is 4.37. The van der Waals surface area contributed by atoms with Gasteiger partial charge in [0, 0.05) is 43.5 Å². The first-order valence-electron chi connectivity index (χ1n) is 10.00. The smallest absolute Gasteiger partial charge is 0.291 e. The van der Waals surface area contributed by atoms with Crippen LogP contribution in [0.25, 0.3) is 10.6 Å². The van der Waals surface area contributed by atoms with Gasteiger partial charge in [0.2, 0.25) is 11.8 Å². The summed E-state index contributed by atoms with van der Waals surface area (Å²) in [6, 6.07) is 5.93. The van der Waals surface area contributed by atoms with E-state index in [0.717, 1.165) is 41.4 Å². The summed E-state index contributed by atoms with van der Waals surface area (Å²) < 4.78 is 5.53. The fourth-order valence-electron chi connectivity index (χ4n) is 3.57. The lowest BCUT2D eigenvalue weighted by Crippen LogP contribution is -2.47. The average molecular weight is 440 g/mol. The number of carbonyl (C=O) groups is 2. The summed E-state index contributed by atoms with van der Waals surface area (Å²) in [5.74, 6) is 0.415. The van der Waals surface area contributed by atoms with Crippen molar-refractivity contribution in [2.45, 2.75) is 6.42 Å². The molecule has 0 aliphatic carbocycles. The molecule has 0 saturated carbocycles. The SMILES string of the molecule is CN1CCN(C(=O)c2nc(NC(=O)c3csc(-c4ccc5c(c4)CCO5)n3)n[nH]2)CC1. The third kappa shape index (κ3) is 4.01. The van der Waals surface area contributed by atoms with Gasteiger partial charge in [-0.2, -0.15) is 4.98 Å². The van der Waals surface area contributed by atoms with E-state index >= 15 is 0 Å². The first kappa shape index (κ1) is 19.6. The molecule has 5 rings (SSSR count). The predicted octanol–water partition coefficient (Wildman–Crippen LogP) is 1.50. The lowest BCUT2D eigenvalue weighted by molar-refractivity contribution is 0.0652. The van der Waals surface area contributed by atoms with Gasteiger partial charge in [0.25, 0.3) is 11.8 Å². The van der Waals surface area contributed by atoms with Crippen molar-refractivity contribution in [2.75, 3.05) is 45.2 Å². The number of piperazine rings is 1. The molecule has 160 valence electrons. The number of H-pyrrole nitrogens is 1. The second-order valence-corrected chi connectivity index (χ2v) is 8.37. The number of nitrogens with zero attached hydrogens (tertiary/aromatic N) is 5. The molecule has 1 aromatic carbocycles. The van der Waals surface area contributed by atoms with Crippen LogP contribution in [0.2, 0.25) is 0 Å². The van der Waals surface area contributed by atoms with E-state index in [0.29, 0.717) is 19.7 Å². The molecule has 4 heterocycles. The molecule has 2 aromatic heterocycles. The van der Waals surface area contributed by atoms with Gasteiger partial charge in [0.15, 0.2) is 0 Å². The van der Waals surface area contributed by atoms with Gasteiger partial charge < -0.3 is 14.5 Å². The Morgan fingerprint density at radius 2 is 2.03 bits per heavy atom. The number of fused-ring (bicyclic) bond motifs is 1. The van der Waals surface area contributed by atoms with Crippen LogP contribution in [0.15, 0.2) is 23.6 Å². The molecule has 2 aliphatic heterocycles. The van der Waals surface area contributed by atoms with Crippen molar-refractivity contribution in [3.63, 3.8) is 0 Å². The highest BCUT2D eigenvalue weighted by Crippen LogP contribution is 2.32. The highest BCUT2D eigenvalue weighted by molar-refractivity contribution is 7.13. The van der Waals surface area contributed by atoms with Crippen LogP contribution < -0.4 is 10.1 Å². The Hall–Kier alpha value is -3.31. The van der Waals surface area contributed by atoms with Crippen LogP contribution in [0, 0.1) is 0 Å². The van der Waals surface area contributed by atoms with E-state index in [9.17, 15) is 9.59 Å². The molecule has 2 amide bonds. The summed E-state index contributed by atoms with van der Waals surface area (Å²) in [4.78, 5) is 37.6. The number of carbonyl (C=O) groups excluding carboxylic acids is 2. The van der Waals surface area contributed by atoms with Crippen LogP contribution in [0.1, 0.15) is 26.7 Å². The molecular weight excluding hydrogens is 418 g/mol. The van der Waals surface area contributed by atoms with Gasteiger partial charge in [-0.3, -0.25) is 20.0 Å². The lowest BCUT2D eigenvalue weighted by atomic mass is 10.1. The second kappa shape index (κ2) is 8.08. The molecule has 2 aliphatic rings. The Morgan fingerprint density at radius 3 is 2.87 bits per heavy atom. The number of nitrogens with one attached hydrogen (secondary N) is 2. The summed E-state index contributed by atoms with van der Waals surface area (Å²) in [5, 5.41) is 11.6. The molecule has 0 unspecified atom stereocenters. The molecule has 3 aromatic rings. The number of ether oxygens (including phenoxy) is 1. The van der Waals surface area contributed by atoms with Gasteiger partial charge in [-0.15, -0.1) is 16.4 Å². The zero-order valence-electron chi connectivity index (χ0n) is 16.9. The Kier molecular flexibility index (Phi) is 5.12. The average Bonchev–Trinajstić information content (AvgIpc) is 3.53. The summed E-state index contributed by atoms with van der Waals surface area (Å²) in [6.45, 7) is 3.59. The first-order valence-corrected chi connectivity index (χ1v) is 10.9. The molecule has 10 nitrogen and oxygen atoms in total. The summed E-state index contributed by atoms with van der Waals surface area (Å²) in [7, 11) is 2.02. The largest absolute Gasteiger partial charge is 0.493 e. The monoisotopic (exact) mass is 439 g/mol. The number of hydrogen-bond donors (Lipinski definition) is 2. The van der Waals surface area contributed by atoms with Crippen molar-refractivity contribution in [1.82, 2.24) is 30.0 Å². The van der Waals surface area contributed by atoms with Crippen LogP contribution in [0.3, 0.4) is 0 Å². The predicted molar refractivity (Wildman–Crippen MR) is 114 cm³/mol. The minimum Gasteiger partial charge on any atom is -0.493 e. The third-order valence-corrected chi connectivity index (χ3v) is 6.27. The maximum Gasteiger partial charge on any atom is 0.291 e. The minimum absolute atomic E-state index is 0.0479. The molecule has 11 heteroatoms. The highest BCUT2D eigenvalue weighted by Gasteiger charge is 2.24. The van der Waals surface area contributed by atoms with Crippen LogP contribution >= 0.6 is 11.3 Å². The number of benzene rings is 1. The Bertz CT molecular complexity index is 1130. The van der Waals surface area contributed by atoms with Crippen LogP contribution in [0.4, 0.5) is 5.95 Å². The summed E-state index contributed by atoms with van der Waals surface area (Å²) >= 11 is 1.39. The van der Waals surface area contributed by atoms with Crippen LogP contribution in [-0.4, -0.2) is 81.6 Å². The van der Waals surface area contributed by atoms with Crippen molar-refractivity contribution < 1.29 is 14.3 Å². The standard InChI is InChI=1S/C20H21N7O3S/c1-26-5-7-27(8-6-26)19(29)16-22-20(25-24-16)23-17(28)14-11-31-18(21-14)13-2-3-15-12(10-13)4-9-30-15/h2-3,10-11H,4-9H2,1H3,(H2,22,23,24,25,28). The molecule has 0 atom stereocenters. The molecule has 0 bridgehead atoms. The number of aromatic amines is 1. The van der Waals surface area contributed by atoms with Gasteiger partial charge in [-0.05, 0) is 30.8 Å². The Morgan fingerprint density at radius 1 is 1.19 bits per heavy atom. The normalized spacial score (nSPS) is 16.1. The number of rotatable bonds is 4. The molecular formula is C20H21N7O3S. The van der Waals surface area contributed by atoms with Crippen molar-refractivity contribution in [3.05, 3.63) is 40.7 Å². The molecule has 0 radical (unpaired) electrons. The van der Waals surface area contributed by atoms with Crippen molar-refractivity contribution in [1.29, 1.82) is 0 Å². The van der Waals surface area contributed by atoms with E-state index < -0.39 is 5.91 Å². The molecule has 2 N–H and O–H groups in total. The molecule has 0 spiro atoms. The maximum atomic E-state index is 12.6. The number of thiazole rings is 1. The minimum atomic E-state index is -0.426. The van der Waals surface area contributed by atoms with Gasteiger partial charge in [-0.25, -0.2) is 4.98 Å². The van der Waals surface area contributed by atoms with Gasteiger partial charge >= 0.3 is 0 Å². The van der Waals surface area contributed by atoms with E-state index in [2.05, 4.69) is 30.4 Å². The number of likely N-dealkylation sites (N-methyl/N-ethyl adjacent to an activating group) is 1. The topological polar surface area (TPSA) is 116 Å². The van der Waals surface area contributed by atoms with Crippen molar-refractivity contribution in [2.24, 2.45) is 0 Å². The van der Waals surface area contributed by atoms with Crippen molar-refractivity contribution >= 4 is 29.1 Å². The number of hydrogen-bond acceptors (Lipinski definition) is 8. The zero-order chi connectivity index (χ0) is 21.4. The van der Waals surface area contributed by atoms with E-state index in [4.69, 9.17) is 4.74 Å². The maximum absolute atomic E-state index is 12.6.